The van der Waals surface area contributed by atoms with Crippen molar-refractivity contribution in [2.45, 2.75) is 19.4 Å². The largest absolute Gasteiger partial charge is 0.388 e. The number of halogens is 3. The van der Waals surface area contributed by atoms with Crippen LogP contribution in [0, 0.1) is 5.82 Å². The maximum absolute atomic E-state index is 13.0. The van der Waals surface area contributed by atoms with Gasteiger partial charge in [0.1, 0.15) is 5.82 Å². The summed E-state index contributed by atoms with van der Waals surface area (Å²) in [6.07, 6.45) is -0.292. The Kier molecular flexibility index (Phi) is 3.54. The maximum atomic E-state index is 13.0. The van der Waals surface area contributed by atoms with Crippen molar-refractivity contribution in [3.63, 3.8) is 0 Å². The molecule has 0 amide bonds. The molecule has 4 heteroatoms. The van der Waals surface area contributed by atoms with Crippen LogP contribution < -0.4 is 0 Å². The lowest BCUT2D eigenvalue weighted by atomic mass is 10.1. The highest BCUT2D eigenvalue weighted by atomic mass is 35.5. The minimum absolute atomic E-state index is 0.0567. The minimum Gasteiger partial charge on any atom is -0.388 e. The van der Waals surface area contributed by atoms with Gasteiger partial charge in [0.2, 0.25) is 0 Å². The van der Waals surface area contributed by atoms with Crippen molar-refractivity contribution < 1.29 is 9.50 Å². The molecule has 0 radical (unpaired) electrons. The van der Waals surface area contributed by atoms with E-state index in [2.05, 4.69) is 0 Å². The predicted molar refractivity (Wildman–Crippen MR) is 51.7 cm³/mol. The summed E-state index contributed by atoms with van der Waals surface area (Å²) in [5.74, 6) is -0.600. The van der Waals surface area contributed by atoms with E-state index in [9.17, 15) is 9.50 Å². The molecular weight excluding hydrogens is 214 g/mol. The Morgan fingerprint density at radius 2 is 2.08 bits per heavy atom. The summed E-state index contributed by atoms with van der Waals surface area (Å²) in [5.41, 5.74) is 0.342. The van der Waals surface area contributed by atoms with Crippen LogP contribution in [0.4, 0.5) is 4.39 Å². The lowest BCUT2D eigenvalue weighted by molar-refractivity contribution is 0.173. The fraction of sp³-hybridized carbons (Fsp3) is 0.333. The molecule has 1 aromatic rings. The molecule has 1 atom stereocenters. The molecule has 0 aliphatic rings. The lowest BCUT2D eigenvalue weighted by Crippen LogP contribution is -1.97. The van der Waals surface area contributed by atoms with Crippen LogP contribution in [0.5, 0.6) is 0 Å². The Bertz CT molecular complexity index is 315. The SMILES string of the molecule is CCC(O)c1cc(Cl)cc(F)c1Cl. The Hall–Kier alpha value is -0.310. The van der Waals surface area contributed by atoms with Gasteiger partial charge in [-0.25, -0.2) is 4.39 Å². The molecule has 0 heterocycles. The fourth-order valence-corrected chi connectivity index (χ4v) is 1.49. The van der Waals surface area contributed by atoms with E-state index < -0.39 is 11.9 Å². The molecule has 1 unspecified atom stereocenters. The zero-order valence-corrected chi connectivity index (χ0v) is 8.53. The molecule has 1 rings (SSSR count). The molecule has 0 aliphatic heterocycles. The lowest BCUT2D eigenvalue weighted by Gasteiger charge is -2.10. The number of aliphatic hydroxyl groups is 1. The number of hydrogen-bond acceptors (Lipinski definition) is 1. The average molecular weight is 223 g/mol. The van der Waals surface area contributed by atoms with Crippen molar-refractivity contribution in [2.75, 3.05) is 0 Å². The number of rotatable bonds is 2. The fourth-order valence-electron chi connectivity index (χ4n) is 1.04. The number of aliphatic hydroxyl groups excluding tert-OH is 1. The third-order valence-electron chi connectivity index (χ3n) is 1.77. The minimum atomic E-state index is -0.763. The summed E-state index contributed by atoms with van der Waals surface area (Å²) in [7, 11) is 0. The zero-order chi connectivity index (χ0) is 10.0. The Labute approximate surface area is 86.1 Å². The second kappa shape index (κ2) is 4.27. The van der Waals surface area contributed by atoms with Gasteiger partial charge in [-0.2, -0.15) is 0 Å². The Morgan fingerprint density at radius 1 is 1.46 bits per heavy atom. The molecule has 1 N–H and O–H groups in total. The molecule has 0 spiro atoms. The summed E-state index contributed by atoms with van der Waals surface area (Å²) in [6, 6.07) is 2.59. The van der Waals surface area contributed by atoms with Crippen molar-refractivity contribution in [3.8, 4) is 0 Å². The van der Waals surface area contributed by atoms with E-state index in [-0.39, 0.29) is 10.0 Å². The van der Waals surface area contributed by atoms with Gasteiger partial charge in [0.25, 0.3) is 0 Å². The summed E-state index contributed by atoms with van der Waals surface area (Å²) in [6.45, 7) is 1.78. The molecule has 1 aromatic carbocycles. The highest BCUT2D eigenvalue weighted by molar-refractivity contribution is 6.33. The highest BCUT2D eigenvalue weighted by Gasteiger charge is 2.14. The van der Waals surface area contributed by atoms with Gasteiger partial charge in [-0.1, -0.05) is 30.1 Å². The van der Waals surface area contributed by atoms with E-state index in [1.54, 1.807) is 6.92 Å². The summed E-state index contributed by atoms with van der Waals surface area (Å²) < 4.78 is 13.0. The van der Waals surface area contributed by atoms with E-state index in [4.69, 9.17) is 23.2 Å². The predicted octanol–water partition coefficient (Wildman–Crippen LogP) is 3.58. The van der Waals surface area contributed by atoms with Crippen molar-refractivity contribution in [1.82, 2.24) is 0 Å². The zero-order valence-electron chi connectivity index (χ0n) is 7.02. The molecule has 1 nitrogen and oxygen atoms in total. The Morgan fingerprint density at radius 3 is 2.62 bits per heavy atom. The molecule has 0 saturated carbocycles. The molecule has 0 aromatic heterocycles. The quantitative estimate of drug-likeness (QED) is 0.759. The molecule has 0 saturated heterocycles. The third-order valence-corrected chi connectivity index (χ3v) is 2.38. The first-order valence-electron chi connectivity index (χ1n) is 3.88. The molecule has 0 fully saturated rings. The average Bonchev–Trinajstić information content (AvgIpc) is 2.10. The van der Waals surface area contributed by atoms with E-state index >= 15 is 0 Å². The van der Waals surface area contributed by atoms with Crippen LogP contribution >= 0.6 is 23.2 Å². The summed E-state index contributed by atoms with van der Waals surface area (Å²) >= 11 is 11.3. The van der Waals surface area contributed by atoms with Gasteiger partial charge in [0.15, 0.2) is 0 Å². The summed E-state index contributed by atoms with van der Waals surface area (Å²) in [4.78, 5) is 0. The van der Waals surface area contributed by atoms with Crippen LogP contribution in [-0.2, 0) is 0 Å². The molecule has 13 heavy (non-hydrogen) atoms. The van der Waals surface area contributed by atoms with Gasteiger partial charge in [-0.05, 0) is 18.6 Å². The Balaban J connectivity index is 3.20. The van der Waals surface area contributed by atoms with Gasteiger partial charge in [0.05, 0.1) is 11.1 Å². The molecule has 0 bridgehead atoms. The van der Waals surface area contributed by atoms with E-state index in [0.29, 0.717) is 12.0 Å². The van der Waals surface area contributed by atoms with Crippen LogP contribution in [0.15, 0.2) is 12.1 Å². The topological polar surface area (TPSA) is 20.2 Å². The summed E-state index contributed by atoms with van der Waals surface area (Å²) in [5, 5.41) is 9.63. The van der Waals surface area contributed by atoms with Crippen LogP contribution in [0.1, 0.15) is 25.0 Å². The van der Waals surface area contributed by atoms with Crippen LogP contribution in [-0.4, -0.2) is 5.11 Å². The van der Waals surface area contributed by atoms with Gasteiger partial charge >= 0.3 is 0 Å². The first-order valence-corrected chi connectivity index (χ1v) is 4.64. The van der Waals surface area contributed by atoms with E-state index in [1.165, 1.54) is 6.07 Å². The monoisotopic (exact) mass is 222 g/mol. The van der Waals surface area contributed by atoms with Gasteiger partial charge in [-0.15, -0.1) is 0 Å². The highest BCUT2D eigenvalue weighted by Crippen LogP contribution is 2.30. The number of benzene rings is 1. The van der Waals surface area contributed by atoms with Gasteiger partial charge < -0.3 is 5.11 Å². The van der Waals surface area contributed by atoms with Crippen LogP contribution in [0.2, 0.25) is 10.0 Å². The maximum Gasteiger partial charge on any atom is 0.143 e. The van der Waals surface area contributed by atoms with Crippen molar-refractivity contribution >= 4 is 23.2 Å². The normalized spacial score (nSPS) is 13.0. The van der Waals surface area contributed by atoms with Crippen LogP contribution in [0.3, 0.4) is 0 Å². The van der Waals surface area contributed by atoms with E-state index in [0.717, 1.165) is 6.07 Å². The van der Waals surface area contributed by atoms with Crippen molar-refractivity contribution in [1.29, 1.82) is 0 Å². The molecule has 72 valence electrons. The smallest absolute Gasteiger partial charge is 0.143 e. The second-order valence-electron chi connectivity index (χ2n) is 2.71. The first kappa shape index (κ1) is 10.8. The first-order chi connectivity index (χ1) is 6.06. The van der Waals surface area contributed by atoms with Crippen molar-refractivity contribution in [3.05, 3.63) is 33.6 Å². The molecular formula is C9H9Cl2FO. The molecule has 0 aliphatic carbocycles. The van der Waals surface area contributed by atoms with Crippen molar-refractivity contribution in [2.24, 2.45) is 0 Å². The van der Waals surface area contributed by atoms with Gasteiger partial charge in [0, 0.05) is 10.6 Å². The second-order valence-corrected chi connectivity index (χ2v) is 3.53. The van der Waals surface area contributed by atoms with Crippen LogP contribution in [0.25, 0.3) is 0 Å². The van der Waals surface area contributed by atoms with E-state index in [1.807, 2.05) is 0 Å². The number of hydrogen-bond donors (Lipinski definition) is 1. The standard InChI is InChI=1S/C9H9Cl2FO/c1-2-8(13)6-3-5(10)4-7(12)9(6)11/h3-4,8,13H,2H2,1H3. The third kappa shape index (κ3) is 2.33. The van der Waals surface area contributed by atoms with Gasteiger partial charge in [-0.3, -0.25) is 0 Å².